The van der Waals surface area contributed by atoms with Gasteiger partial charge in [0.2, 0.25) is 0 Å². The summed E-state index contributed by atoms with van der Waals surface area (Å²) >= 11 is 0. The molecule has 1 heterocycles. The van der Waals surface area contributed by atoms with E-state index in [9.17, 15) is 5.21 Å². The molecule has 0 spiro atoms. The number of hydroxylamine groups is 2. The van der Waals surface area contributed by atoms with Crippen molar-refractivity contribution in [3.05, 3.63) is 53.5 Å². The summed E-state index contributed by atoms with van der Waals surface area (Å²) in [7, 11) is 3.16. The van der Waals surface area contributed by atoms with Gasteiger partial charge >= 0.3 is 0 Å². The van der Waals surface area contributed by atoms with Gasteiger partial charge in [0, 0.05) is 24.0 Å². The van der Waals surface area contributed by atoms with Crippen LogP contribution in [0.1, 0.15) is 5.69 Å². The molecule has 0 saturated heterocycles. The number of azo groups is 1. The number of nitrogens with zero attached hydrogens (tertiary/aromatic N) is 4. The molecule has 0 radical (unpaired) electrons. The van der Waals surface area contributed by atoms with Crippen molar-refractivity contribution < 1.29 is 0 Å². The summed E-state index contributed by atoms with van der Waals surface area (Å²) in [5.74, 6) is 0. The number of hydrogen-bond donors (Lipinski definition) is 0. The molecule has 0 unspecified atom stereocenters. The summed E-state index contributed by atoms with van der Waals surface area (Å²) in [4.78, 5) is 4.09. The second-order valence-corrected chi connectivity index (χ2v) is 4.72. The topological polar surface area (TPSA) is 60.7 Å². The average Bonchev–Trinajstić information content (AvgIpc) is 2.36. The molecule has 0 aliphatic rings. The smallest absolute Gasteiger partial charge is 0.132 e. The molecule has 5 heteroatoms. The van der Waals surface area contributed by atoms with Crippen molar-refractivity contribution in [1.29, 1.82) is 0 Å². The lowest BCUT2D eigenvalue weighted by Crippen LogP contribution is -2.32. The molecule has 0 saturated carbocycles. The van der Waals surface area contributed by atoms with Gasteiger partial charge in [-0.1, -0.05) is 0 Å². The summed E-state index contributed by atoms with van der Waals surface area (Å²) in [6.45, 7) is 1.90. The van der Waals surface area contributed by atoms with Gasteiger partial charge in [-0.3, -0.25) is 4.98 Å². The molecular formula is C14H16N4O. The first-order valence-electron chi connectivity index (χ1n) is 5.95. The second kappa shape index (κ2) is 5.26. The van der Waals surface area contributed by atoms with E-state index in [-0.39, 0.29) is 0 Å². The van der Waals surface area contributed by atoms with Gasteiger partial charge < -0.3 is 9.85 Å². The lowest BCUT2D eigenvalue weighted by molar-refractivity contribution is 0.543. The Kier molecular flexibility index (Phi) is 3.69. The van der Waals surface area contributed by atoms with Crippen molar-refractivity contribution in [3.63, 3.8) is 0 Å². The SMILES string of the molecule is Cc1cc(N=Nc2ccc([N+](C)(C)[O-])cc2)ccn1. The molecule has 0 atom stereocenters. The van der Waals surface area contributed by atoms with E-state index in [2.05, 4.69) is 15.2 Å². The lowest BCUT2D eigenvalue weighted by Gasteiger charge is -2.32. The molecule has 2 rings (SSSR count). The highest BCUT2D eigenvalue weighted by Gasteiger charge is 2.06. The fourth-order valence-electron chi connectivity index (χ4n) is 1.59. The highest BCUT2D eigenvalue weighted by atomic mass is 16.5. The first-order chi connectivity index (χ1) is 8.95. The Morgan fingerprint density at radius 1 is 1.00 bits per heavy atom. The zero-order valence-electron chi connectivity index (χ0n) is 11.2. The third-order valence-corrected chi connectivity index (χ3v) is 2.63. The van der Waals surface area contributed by atoms with Crippen LogP contribution in [0, 0.1) is 12.1 Å². The summed E-state index contributed by atoms with van der Waals surface area (Å²) in [5, 5.41) is 20.0. The Balaban J connectivity index is 2.16. The predicted molar refractivity (Wildman–Crippen MR) is 76.6 cm³/mol. The Bertz CT molecular complexity index is 585. The quantitative estimate of drug-likeness (QED) is 0.475. The summed E-state index contributed by atoms with van der Waals surface area (Å²) in [5.41, 5.74) is 3.05. The fraction of sp³-hybridized carbons (Fsp3) is 0.214. The normalized spacial score (nSPS) is 12.0. The van der Waals surface area contributed by atoms with Crippen LogP contribution in [0.15, 0.2) is 52.8 Å². The molecule has 1 aromatic heterocycles. The highest BCUT2D eigenvalue weighted by Crippen LogP contribution is 2.23. The molecule has 19 heavy (non-hydrogen) atoms. The number of aromatic nitrogens is 1. The Hall–Kier alpha value is -2.11. The first kappa shape index (κ1) is 13.3. The molecule has 5 nitrogen and oxygen atoms in total. The maximum Gasteiger partial charge on any atom is 0.132 e. The van der Waals surface area contributed by atoms with E-state index in [0.717, 1.165) is 11.4 Å². The van der Waals surface area contributed by atoms with Crippen LogP contribution in [0.5, 0.6) is 0 Å². The molecule has 98 valence electrons. The van der Waals surface area contributed by atoms with E-state index in [1.165, 1.54) is 0 Å². The van der Waals surface area contributed by atoms with E-state index in [0.29, 0.717) is 11.4 Å². The van der Waals surface area contributed by atoms with Crippen molar-refractivity contribution in [2.45, 2.75) is 6.92 Å². The van der Waals surface area contributed by atoms with Gasteiger partial charge in [0.05, 0.1) is 25.5 Å². The zero-order valence-corrected chi connectivity index (χ0v) is 11.2. The van der Waals surface area contributed by atoms with Crippen molar-refractivity contribution in [3.8, 4) is 0 Å². The number of aryl methyl sites for hydroxylation is 1. The largest absolute Gasteiger partial charge is 0.628 e. The molecule has 0 aliphatic heterocycles. The van der Waals surface area contributed by atoms with Crippen molar-refractivity contribution >= 4 is 17.1 Å². The maximum atomic E-state index is 11.7. The standard InChI is InChI=1S/C14H16N4O/c1-11-10-13(8-9-15-11)17-16-12-4-6-14(7-5-12)18(2,3)19/h4-10H,1-3H3. The average molecular weight is 256 g/mol. The van der Waals surface area contributed by atoms with E-state index in [1.807, 2.05) is 13.0 Å². The third kappa shape index (κ3) is 3.67. The molecule has 2 aromatic rings. The number of hydrogen-bond acceptors (Lipinski definition) is 4. The summed E-state index contributed by atoms with van der Waals surface area (Å²) < 4.78 is -0.457. The highest BCUT2D eigenvalue weighted by molar-refractivity contribution is 5.50. The zero-order chi connectivity index (χ0) is 13.9. The van der Waals surface area contributed by atoms with Crippen molar-refractivity contribution in [2.75, 3.05) is 14.1 Å². The maximum absolute atomic E-state index is 11.7. The van der Waals surface area contributed by atoms with E-state index < -0.39 is 4.65 Å². The molecule has 0 aliphatic carbocycles. The number of pyridine rings is 1. The molecule has 1 aromatic carbocycles. The Morgan fingerprint density at radius 3 is 2.21 bits per heavy atom. The van der Waals surface area contributed by atoms with E-state index in [1.54, 1.807) is 50.6 Å². The summed E-state index contributed by atoms with van der Waals surface area (Å²) in [6.07, 6.45) is 1.70. The van der Waals surface area contributed by atoms with Gasteiger partial charge in [0.15, 0.2) is 0 Å². The van der Waals surface area contributed by atoms with Gasteiger partial charge in [-0.15, -0.1) is 0 Å². The molecule has 0 fully saturated rings. The third-order valence-electron chi connectivity index (χ3n) is 2.63. The number of quaternary nitrogens is 1. The minimum atomic E-state index is -0.457. The van der Waals surface area contributed by atoms with Gasteiger partial charge in [-0.2, -0.15) is 10.2 Å². The molecule has 0 amide bonds. The van der Waals surface area contributed by atoms with Crippen molar-refractivity contribution in [2.24, 2.45) is 10.2 Å². The first-order valence-corrected chi connectivity index (χ1v) is 5.95. The van der Waals surface area contributed by atoms with Crippen LogP contribution in [-0.2, 0) is 0 Å². The number of benzene rings is 1. The molecule has 0 bridgehead atoms. The van der Waals surface area contributed by atoms with Crippen LogP contribution >= 0.6 is 0 Å². The van der Waals surface area contributed by atoms with Crippen LogP contribution in [0.25, 0.3) is 0 Å². The van der Waals surface area contributed by atoms with Crippen LogP contribution in [0.4, 0.5) is 17.1 Å². The second-order valence-electron chi connectivity index (χ2n) is 4.72. The molecular weight excluding hydrogens is 240 g/mol. The minimum Gasteiger partial charge on any atom is -0.628 e. The van der Waals surface area contributed by atoms with Crippen LogP contribution < -0.4 is 4.65 Å². The van der Waals surface area contributed by atoms with E-state index in [4.69, 9.17) is 0 Å². The monoisotopic (exact) mass is 256 g/mol. The van der Waals surface area contributed by atoms with Gasteiger partial charge in [-0.05, 0) is 31.2 Å². The summed E-state index contributed by atoms with van der Waals surface area (Å²) in [6, 6.07) is 10.7. The molecule has 0 N–H and O–H groups in total. The number of rotatable bonds is 3. The van der Waals surface area contributed by atoms with Gasteiger partial charge in [-0.25, -0.2) is 0 Å². The van der Waals surface area contributed by atoms with Crippen LogP contribution in [0.3, 0.4) is 0 Å². The van der Waals surface area contributed by atoms with Crippen LogP contribution in [0.2, 0.25) is 0 Å². The predicted octanol–water partition coefficient (Wildman–Crippen LogP) is 3.87. The lowest BCUT2D eigenvalue weighted by atomic mass is 10.3. The van der Waals surface area contributed by atoms with Gasteiger partial charge in [0.25, 0.3) is 0 Å². The van der Waals surface area contributed by atoms with E-state index >= 15 is 0 Å². The Morgan fingerprint density at radius 2 is 1.63 bits per heavy atom. The minimum absolute atomic E-state index is 0.457. The van der Waals surface area contributed by atoms with Crippen molar-refractivity contribution in [1.82, 2.24) is 9.63 Å². The fourth-order valence-corrected chi connectivity index (χ4v) is 1.59. The Labute approximate surface area is 112 Å². The van der Waals surface area contributed by atoms with Crippen LogP contribution in [-0.4, -0.2) is 19.1 Å². The van der Waals surface area contributed by atoms with Gasteiger partial charge in [0.1, 0.15) is 5.69 Å².